The van der Waals surface area contributed by atoms with Gasteiger partial charge >= 0.3 is 0 Å². The largest absolute Gasteiger partial charge is 0.373 e. The first kappa shape index (κ1) is 14.5. The molecule has 2 aromatic rings. The standard InChI is InChI=1S/C17H23N3/c1-3-16(18)17-10-9-15(13-19-17)20(2)12-11-14-7-5-4-6-8-14/h4-10,13,16H,3,11-12,18H2,1-2H3/t16-/m0/s1. The van der Waals surface area contributed by atoms with E-state index in [0.717, 1.165) is 30.8 Å². The molecule has 2 N–H and O–H groups in total. The lowest BCUT2D eigenvalue weighted by Crippen LogP contribution is -2.20. The number of nitrogens with two attached hydrogens (primary N) is 1. The number of pyridine rings is 1. The average Bonchev–Trinajstić information content (AvgIpc) is 2.53. The highest BCUT2D eigenvalue weighted by molar-refractivity contribution is 5.44. The summed E-state index contributed by atoms with van der Waals surface area (Å²) in [5.41, 5.74) is 9.44. The van der Waals surface area contributed by atoms with Crippen LogP contribution in [0.1, 0.15) is 30.6 Å². The molecule has 1 heterocycles. The Morgan fingerprint density at radius 3 is 2.50 bits per heavy atom. The van der Waals surface area contributed by atoms with E-state index in [1.807, 2.05) is 18.3 Å². The van der Waals surface area contributed by atoms with Gasteiger partial charge in [0, 0.05) is 19.6 Å². The number of hydrogen-bond acceptors (Lipinski definition) is 3. The Hall–Kier alpha value is -1.87. The lowest BCUT2D eigenvalue weighted by Gasteiger charge is -2.19. The molecule has 2 rings (SSSR count). The van der Waals surface area contributed by atoms with Gasteiger partial charge in [-0.15, -0.1) is 0 Å². The highest BCUT2D eigenvalue weighted by Gasteiger charge is 2.06. The molecule has 0 saturated heterocycles. The van der Waals surface area contributed by atoms with Crippen LogP contribution in [-0.2, 0) is 6.42 Å². The van der Waals surface area contributed by atoms with Gasteiger partial charge in [-0.25, -0.2) is 0 Å². The van der Waals surface area contributed by atoms with Crippen molar-refractivity contribution in [1.29, 1.82) is 0 Å². The molecule has 0 saturated carbocycles. The van der Waals surface area contributed by atoms with Crippen molar-refractivity contribution in [2.45, 2.75) is 25.8 Å². The second-order valence-corrected chi connectivity index (χ2v) is 5.11. The molecule has 0 aliphatic rings. The Balaban J connectivity index is 1.94. The third-order valence-electron chi connectivity index (χ3n) is 3.61. The van der Waals surface area contributed by atoms with E-state index >= 15 is 0 Å². The second kappa shape index (κ2) is 7.06. The summed E-state index contributed by atoms with van der Waals surface area (Å²) in [6, 6.07) is 14.7. The topological polar surface area (TPSA) is 42.1 Å². The van der Waals surface area contributed by atoms with Crippen molar-refractivity contribution in [2.24, 2.45) is 5.73 Å². The molecule has 3 nitrogen and oxygen atoms in total. The van der Waals surface area contributed by atoms with Crippen LogP contribution >= 0.6 is 0 Å². The zero-order valence-electron chi connectivity index (χ0n) is 12.3. The minimum atomic E-state index is 0.0404. The van der Waals surface area contributed by atoms with Gasteiger partial charge in [-0.3, -0.25) is 4.98 Å². The number of hydrogen-bond donors (Lipinski definition) is 1. The number of rotatable bonds is 6. The molecule has 0 fully saturated rings. The summed E-state index contributed by atoms with van der Waals surface area (Å²) in [6.45, 7) is 3.05. The first-order valence-electron chi connectivity index (χ1n) is 7.17. The number of anilines is 1. The molecule has 106 valence electrons. The van der Waals surface area contributed by atoms with Crippen LogP contribution in [0.3, 0.4) is 0 Å². The fraction of sp³-hybridized carbons (Fsp3) is 0.353. The molecule has 1 aromatic heterocycles. The molecule has 0 bridgehead atoms. The molecule has 0 unspecified atom stereocenters. The van der Waals surface area contributed by atoms with Crippen molar-refractivity contribution in [3.63, 3.8) is 0 Å². The third-order valence-corrected chi connectivity index (χ3v) is 3.61. The Labute approximate surface area is 121 Å². The van der Waals surface area contributed by atoms with Gasteiger partial charge in [0.2, 0.25) is 0 Å². The fourth-order valence-electron chi connectivity index (χ4n) is 2.12. The monoisotopic (exact) mass is 269 g/mol. The fourth-order valence-corrected chi connectivity index (χ4v) is 2.12. The van der Waals surface area contributed by atoms with Crippen molar-refractivity contribution in [2.75, 3.05) is 18.5 Å². The predicted octanol–water partition coefficient (Wildman–Crippen LogP) is 3.17. The minimum Gasteiger partial charge on any atom is -0.373 e. The van der Waals surface area contributed by atoms with Crippen molar-refractivity contribution in [1.82, 2.24) is 4.98 Å². The van der Waals surface area contributed by atoms with Crippen LogP contribution in [0.2, 0.25) is 0 Å². The smallest absolute Gasteiger partial charge is 0.0572 e. The molecule has 3 heteroatoms. The number of nitrogens with zero attached hydrogens (tertiary/aromatic N) is 2. The lowest BCUT2D eigenvalue weighted by molar-refractivity contribution is 0.675. The van der Waals surface area contributed by atoms with Gasteiger partial charge in [-0.1, -0.05) is 37.3 Å². The summed E-state index contributed by atoms with van der Waals surface area (Å²) < 4.78 is 0. The zero-order valence-corrected chi connectivity index (χ0v) is 12.3. The molecule has 0 aliphatic heterocycles. The summed E-state index contributed by atoms with van der Waals surface area (Å²) in [4.78, 5) is 6.68. The van der Waals surface area contributed by atoms with E-state index in [2.05, 4.69) is 54.2 Å². The molecule has 0 radical (unpaired) electrons. The van der Waals surface area contributed by atoms with Gasteiger partial charge in [-0.2, -0.15) is 0 Å². The quantitative estimate of drug-likeness (QED) is 0.876. The number of aromatic nitrogens is 1. The predicted molar refractivity (Wildman–Crippen MR) is 84.9 cm³/mol. The normalized spacial score (nSPS) is 12.2. The Morgan fingerprint density at radius 2 is 1.90 bits per heavy atom. The first-order chi connectivity index (χ1) is 9.70. The summed E-state index contributed by atoms with van der Waals surface area (Å²) in [7, 11) is 2.10. The van der Waals surface area contributed by atoms with Crippen molar-refractivity contribution >= 4 is 5.69 Å². The number of likely N-dealkylation sites (N-methyl/N-ethyl adjacent to an activating group) is 1. The summed E-state index contributed by atoms with van der Waals surface area (Å²) in [5.74, 6) is 0. The molecule has 0 amide bonds. The van der Waals surface area contributed by atoms with Crippen molar-refractivity contribution in [3.8, 4) is 0 Å². The van der Waals surface area contributed by atoms with Crippen LogP contribution in [0.15, 0.2) is 48.7 Å². The lowest BCUT2D eigenvalue weighted by atomic mass is 10.1. The number of benzene rings is 1. The van der Waals surface area contributed by atoms with Crippen LogP contribution in [0.4, 0.5) is 5.69 Å². The minimum absolute atomic E-state index is 0.0404. The molecule has 20 heavy (non-hydrogen) atoms. The summed E-state index contributed by atoms with van der Waals surface area (Å²) in [5, 5.41) is 0. The van der Waals surface area contributed by atoms with E-state index in [4.69, 9.17) is 5.73 Å². The highest BCUT2D eigenvalue weighted by atomic mass is 15.1. The Bertz CT molecular complexity index is 508. The van der Waals surface area contributed by atoms with Gasteiger partial charge in [-0.05, 0) is 30.5 Å². The van der Waals surface area contributed by atoms with Gasteiger partial charge in [0.15, 0.2) is 0 Å². The summed E-state index contributed by atoms with van der Waals surface area (Å²) in [6.07, 6.45) is 3.86. The van der Waals surface area contributed by atoms with Gasteiger partial charge in [0.1, 0.15) is 0 Å². The zero-order chi connectivity index (χ0) is 14.4. The van der Waals surface area contributed by atoms with Crippen LogP contribution < -0.4 is 10.6 Å². The highest BCUT2D eigenvalue weighted by Crippen LogP contribution is 2.16. The maximum atomic E-state index is 5.98. The van der Waals surface area contributed by atoms with Crippen LogP contribution in [0.25, 0.3) is 0 Å². The van der Waals surface area contributed by atoms with Gasteiger partial charge in [0.05, 0.1) is 17.6 Å². The molecule has 0 spiro atoms. The average molecular weight is 269 g/mol. The molecule has 1 aromatic carbocycles. The Morgan fingerprint density at radius 1 is 1.15 bits per heavy atom. The maximum absolute atomic E-state index is 5.98. The van der Waals surface area contributed by atoms with E-state index < -0.39 is 0 Å². The molecule has 1 atom stereocenters. The van der Waals surface area contributed by atoms with Crippen LogP contribution in [0.5, 0.6) is 0 Å². The van der Waals surface area contributed by atoms with Crippen molar-refractivity contribution < 1.29 is 0 Å². The molecule has 0 aliphatic carbocycles. The van der Waals surface area contributed by atoms with E-state index in [-0.39, 0.29) is 6.04 Å². The summed E-state index contributed by atoms with van der Waals surface area (Å²) >= 11 is 0. The third kappa shape index (κ3) is 3.81. The molecular formula is C17H23N3. The molecular weight excluding hydrogens is 246 g/mol. The van der Waals surface area contributed by atoms with E-state index in [9.17, 15) is 0 Å². The Kier molecular flexibility index (Phi) is 5.13. The second-order valence-electron chi connectivity index (χ2n) is 5.11. The van der Waals surface area contributed by atoms with Crippen LogP contribution in [0, 0.1) is 0 Å². The van der Waals surface area contributed by atoms with E-state index in [1.165, 1.54) is 5.56 Å². The first-order valence-corrected chi connectivity index (χ1v) is 7.17. The SMILES string of the molecule is CC[C@H](N)c1ccc(N(C)CCc2ccccc2)cn1. The van der Waals surface area contributed by atoms with Crippen molar-refractivity contribution in [3.05, 3.63) is 59.9 Å². The van der Waals surface area contributed by atoms with Crippen LogP contribution in [-0.4, -0.2) is 18.6 Å². The maximum Gasteiger partial charge on any atom is 0.0572 e. The van der Waals surface area contributed by atoms with E-state index in [0.29, 0.717) is 0 Å². The van der Waals surface area contributed by atoms with Gasteiger partial charge < -0.3 is 10.6 Å². The van der Waals surface area contributed by atoms with E-state index in [1.54, 1.807) is 0 Å². The van der Waals surface area contributed by atoms with Gasteiger partial charge in [0.25, 0.3) is 0 Å².